The Morgan fingerprint density at radius 3 is 2.12 bits per heavy atom. The van der Waals surface area contributed by atoms with Crippen LogP contribution in [0.1, 0.15) is 49.6 Å². The van der Waals surface area contributed by atoms with Gasteiger partial charge in [0.2, 0.25) is 10.0 Å². The first kappa shape index (κ1) is 24.7. The third kappa shape index (κ3) is 5.88. The lowest BCUT2D eigenvalue weighted by Gasteiger charge is -2.25. The number of anilines is 1. The Labute approximate surface area is 194 Å². The third-order valence-corrected chi connectivity index (χ3v) is 6.65. The van der Waals surface area contributed by atoms with Crippen molar-refractivity contribution in [2.45, 2.75) is 46.4 Å². The van der Waals surface area contributed by atoms with Crippen molar-refractivity contribution < 1.29 is 22.0 Å². The maximum atomic E-state index is 13.1. The molecule has 0 spiro atoms. The standard InChI is InChI=1S/C23H30N4O5S/c1-14(2)12-27(13-15(3)4)33(29,30)19-9-7-18(8-10-19)21(28)24-23-26-25-22(32-23)20-11-16(5)31-17(20)6/h7-11,14-15H,12-13H2,1-6H3,(H,24,26,28). The number of furan rings is 1. The van der Waals surface area contributed by atoms with E-state index in [-0.39, 0.29) is 34.2 Å². The molecule has 0 saturated carbocycles. The number of carbonyl (C=O) groups excluding carboxylic acids is 1. The van der Waals surface area contributed by atoms with Crippen LogP contribution in [-0.4, -0.2) is 41.9 Å². The van der Waals surface area contributed by atoms with Crippen molar-refractivity contribution in [3.05, 3.63) is 47.4 Å². The van der Waals surface area contributed by atoms with Crippen LogP contribution < -0.4 is 5.32 Å². The van der Waals surface area contributed by atoms with Crippen LogP contribution in [0.3, 0.4) is 0 Å². The van der Waals surface area contributed by atoms with E-state index in [0.717, 1.165) is 0 Å². The van der Waals surface area contributed by atoms with E-state index < -0.39 is 15.9 Å². The summed E-state index contributed by atoms with van der Waals surface area (Å²) in [5, 5.41) is 10.3. The van der Waals surface area contributed by atoms with E-state index in [1.165, 1.54) is 28.6 Å². The van der Waals surface area contributed by atoms with Gasteiger partial charge in [0.05, 0.1) is 10.5 Å². The van der Waals surface area contributed by atoms with E-state index in [4.69, 9.17) is 8.83 Å². The second-order valence-electron chi connectivity index (χ2n) is 8.83. The molecule has 0 radical (unpaired) electrons. The molecule has 178 valence electrons. The van der Waals surface area contributed by atoms with Gasteiger partial charge in [0.15, 0.2) is 0 Å². The molecule has 0 atom stereocenters. The second kappa shape index (κ2) is 9.88. The zero-order valence-electron chi connectivity index (χ0n) is 19.7. The van der Waals surface area contributed by atoms with Crippen LogP contribution in [0.4, 0.5) is 6.01 Å². The van der Waals surface area contributed by atoms with Gasteiger partial charge in [0.1, 0.15) is 11.5 Å². The number of nitrogens with zero attached hydrogens (tertiary/aromatic N) is 3. The maximum absolute atomic E-state index is 13.1. The summed E-state index contributed by atoms with van der Waals surface area (Å²) in [7, 11) is -3.67. The third-order valence-electron chi connectivity index (χ3n) is 4.81. The molecular weight excluding hydrogens is 444 g/mol. The van der Waals surface area contributed by atoms with E-state index in [1.54, 1.807) is 13.0 Å². The van der Waals surface area contributed by atoms with Gasteiger partial charge in [-0.15, -0.1) is 5.10 Å². The van der Waals surface area contributed by atoms with Gasteiger partial charge in [-0.25, -0.2) is 8.42 Å². The first-order chi connectivity index (χ1) is 15.5. The smallest absolute Gasteiger partial charge is 0.322 e. The molecule has 2 heterocycles. The number of rotatable bonds is 9. The van der Waals surface area contributed by atoms with Crippen LogP contribution in [0.15, 0.2) is 44.1 Å². The van der Waals surface area contributed by atoms with Crippen molar-refractivity contribution in [2.75, 3.05) is 18.4 Å². The molecule has 0 unspecified atom stereocenters. The lowest BCUT2D eigenvalue weighted by molar-refractivity contribution is 0.102. The highest BCUT2D eigenvalue weighted by Crippen LogP contribution is 2.26. The Hall–Kier alpha value is -2.98. The fourth-order valence-electron chi connectivity index (χ4n) is 3.41. The van der Waals surface area contributed by atoms with Gasteiger partial charge < -0.3 is 8.83 Å². The van der Waals surface area contributed by atoms with Gasteiger partial charge >= 0.3 is 6.01 Å². The summed E-state index contributed by atoms with van der Waals surface area (Å²) in [6.07, 6.45) is 0. The first-order valence-electron chi connectivity index (χ1n) is 10.8. The molecule has 10 heteroatoms. The second-order valence-corrected chi connectivity index (χ2v) is 10.8. The minimum atomic E-state index is -3.67. The number of benzene rings is 1. The molecule has 33 heavy (non-hydrogen) atoms. The fraction of sp³-hybridized carbons (Fsp3) is 0.435. The number of amides is 1. The van der Waals surface area contributed by atoms with Crippen molar-refractivity contribution in [1.82, 2.24) is 14.5 Å². The number of carbonyl (C=O) groups is 1. The number of hydrogen-bond donors (Lipinski definition) is 1. The van der Waals surface area contributed by atoms with Crippen LogP contribution in [0.2, 0.25) is 0 Å². The van der Waals surface area contributed by atoms with E-state index in [0.29, 0.717) is 30.2 Å². The maximum Gasteiger partial charge on any atom is 0.322 e. The normalized spacial score (nSPS) is 12.2. The highest BCUT2D eigenvalue weighted by atomic mass is 32.2. The molecule has 0 aliphatic carbocycles. The molecule has 1 amide bonds. The summed E-state index contributed by atoms with van der Waals surface area (Å²) in [5.41, 5.74) is 0.922. The molecule has 0 saturated heterocycles. The van der Waals surface area contributed by atoms with Gasteiger partial charge in [-0.3, -0.25) is 10.1 Å². The number of aromatic nitrogens is 2. The molecule has 3 rings (SSSR count). The van der Waals surface area contributed by atoms with Crippen molar-refractivity contribution in [2.24, 2.45) is 11.8 Å². The highest BCUT2D eigenvalue weighted by molar-refractivity contribution is 7.89. The molecule has 0 aliphatic heterocycles. The summed E-state index contributed by atoms with van der Waals surface area (Å²) in [6, 6.07) is 7.52. The zero-order valence-corrected chi connectivity index (χ0v) is 20.6. The summed E-state index contributed by atoms with van der Waals surface area (Å²) in [5.74, 6) is 1.47. The summed E-state index contributed by atoms with van der Waals surface area (Å²) >= 11 is 0. The molecule has 0 aliphatic rings. The minimum absolute atomic E-state index is 0.0648. The van der Waals surface area contributed by atoms with Gasteiger partial charge in [0, 0.05) is 18.7 Å². The van der Waals surface area contributed by atoms with Crippen LogP contribution in [-0.2, 0) is 10.0 Å². The quantitative estimate of drug-likeness (QED) is 0.485. The average molecular weight is 475 g/mol. The fourth-order valence-corrected chi connectivity index (χ4v) is 5.17. The lowest BCUT2D eigenvalue weighted by atomic mass is 10.2. The van der Waals surface area contributed by atoms with E-state index in [9.17, 15) is 13.2 Å². The highest BCUT2D eigenvalue weighted by Gasteiger charge is 2.26. The molecule has 3 aromatic rings. The molecule has 9 nitrogen and oxygen atoms in total. The van der Waals surface area contributed by atoms with E-state index >= 15 is 0 Å². The molecule has 1 aromatic carbocycles. The summed E-state index contributed by atoms with van der Waals surface area (Å²) < 4.78 is 38.7. The van der Waals surface area contributed by atoms with Crippen molar-refractivity contribution in [3.8, 4) is 11.5 Å². The zero-order chi connectivity index (χ0) is 24.3. The largest absolute Gasteiger partial charge is 0.466 e. The van der Waals surface area contributed by atoms with E-state index in [2.05, 4.69) is 15.5 Å². The monoisotopic (exact) mass is 474 g/mol. The van der Waals surface area contributed by atoms with Gasteiger partial charge in [-0.05, 0) is 56.0 Å². The Bertz CT molecular complexity index is 1200. The molecule has 1 N–H and O–H groups in total. The minimum Gasteiger partial charge on any atom is -0.466 e. The Balaban J connectivity index is 1.74. The Morgan fingerprint density at radius 2 is 1.61 bits per heavy atom. The van der Waals surface area contributed by atoms with Crippen LogP contribution >= 0.6 is 0 Å². The van der Waals surface area contributed by atoms with Crippen LogP contribution in [0, 0.1) is 25.7 Å². The van der Waals surface area contributed by atoms with Crippen molar-refractivity contribution in [3.63, 3.8) is 0 Å². The first-order valence-corrected chi connectivity index (χ1v) is 12.2. The van der Waals surface area contributed by atoms with Crippen molar-refractivity contribution in [1.29, 1.82) is 0 Å². The Kier molecular flexibility index (Phi) is 7.38. The van der Waals surface area contributed by atoms with Gasteiger partial charge in [-0.2, -0.15) is 4.31 Å². The molecular formula is C23H30N4O5S. The number of hydrogen-bond acceptors (Lipinski definition) is 7. The summed E-state index contributed by atoms with van der Waals surface area (Å²) in [6.45, 7) is 12.4. The van der Waals surface area contributed by atoms with Crippen LogP contribution in [0.25, 0.3) is 11.5 Å². The average Bonchev–Trinajstić information content (AvgIpc) is 3.32. The number of sulfonamides is 1. The SMILES string of the molecule is Cc1cc(-c2nnc(NC(=O)c3ccc(S(=O)(=O)N(CC(C)C)CC(C)C)cc3)o2)c(C)o1. The van der Waals surface area contributed by atoms with E-state index in [1.807, 2.05) is 34.6 Å². The number of nitrogens with one attached hydrogen (secondary N) is 1. The van der Waals surface area contributed by atoms with Crippen molar-refractivity contribution >= 4 is 21.9 Å². The molecule has 0 bridgehead atoms. The van der Waals surface area contributed by atoms with Crippen LogP contribution in [0.5, 0.6) is 0 Å². The molecule has 2 aromatic heterocycles. The molecule has 0 fully saturated rings. The van der Waals surface area contributed by atoms with Gasteiger partial charge in [0.25, 0.3) is 11.8 Å². The Morgan fingerprint density at radius 1 is 1.00 bits per heavy atom. The predicted molar refractivity (Wildman–Crippen MR) is 124 cm³/mol. The van der Waals surface area contributed by atoms with Gasteiger partial charge in [-0.1, -0.05) is 32.8 Å². The topological polar surface area (TPSA) is 119 Å². The summed E-state index contributed by atoms with van der Waals surface area (Å²) in [4.78, 5) is 12.7. The number of aryl methyl sites for hydroxylation is 2. The predicted octanol–water partition coefficient (Wildman–Crippen LogP) is 4.50. The lowest BCUT2D eigenvalue weighted by Crippen LogP contribution is -2.37.